The van der Waals surface area contributed by atoms with E-state index in [1.165, 1.54) is 0 Å². The van der Waals surface area contributed by atoms with Crippen LogP contribution in [0.4, 0.5) is 0 Å². The molecule has 2 bridgehead atoms. The lowest BCUT2D eigenvalue weighted by Gasteiger charge is -2.21. The average molecular weight is 384 g/mol. The number of ketones is 1. The van der Waals surface area contributed by atoms with E-state index in [0.717, 1.165) is 36.3 Å². The van der Waals surface area contributed by atoms with Crippen molar-refractivity contribution in [2.24, 2.45) is 0 Å². The molecule has 0 amide bonds. The van der Waals surface area contributed by atoms with E-state index in [-0.39, 0.29) is 17.9 Å². The molecule has 2 unspecified atom stereocenters. The third kappa shape index (κ3) is 2.89. The predicted molar refractivity (Wildman–Crippen MR) is 103 cm³/mol. The van der Waals surface area contributed by atoms with Crippen LogP contribution in [0.3, 0.4) is 0 Å². The van der Waals surface area contributed by atoms with Crippen LogP contribution in [0.5, 0.6) is 0 Å². The minimum Gasteiger partial charge on any atom is -0.391 e. The molecule has 3 heterocycles. The normalized spacial score (nSPS) is 24.3. The summed E-state index contributed by atoms with van der Waals surface area (Å²) in [5.41, 5.74) is 3.64. The molecule has 3 atom stereocenters. The number of aliphatic hydroxyl groups is 1. The number of Topliss-reactive ketones (excluding diaryl/α,β-unsaturated/α-hetero) is 1. The van der Waals surface area contributed by atoms with E-state index in [9.17, 15) is 9.90 Å². The summed E-state index contributed by atoms with van der Waals surface area (Å²) >= 11 is 6.56. The Morgan fingerprint density at radius 2 is 1.96 bits per heavy atom. The topological polar surface area (TPSA) is 69.3 Å². The standard InChI is InChI=1S/C21H22ClN3O2/c1-12-20(19(27)11-24-16-7-8-17(24)18(26)9-16)21(22)13(2)25(12)15-5-3-14(10-23)4-6-15/h3-6,16-18,26H,7-9,11H2,1-2H3/t16?,17?,18-/m0/s1. The van der Waals surface area contributed by atoms with E-state index in [2.05, 4.69) is 11.0 Å². The monoisotopic (exact) mass is 383 g/mol. The first-order chi connectivity index (χ1) is 12.9. The summed E-state index contributed by atoms with van der Waals surface area (Å²) in [5.74, 6) is -0.000931. The summed E-state index contributed by atoms with van der Waals surface area (Å²) in [6.07, 6.45) is 2.44. The summed E-state index contributed by atoms with van der Waals surface area (Å²) in [5, 5.41) is 19.6. The molecule has 0 aliphatic carbocycles. The van der Waals surface area contributed by atoms with Crippen LogP contribution in [-0.2, 0) is 0 Å². The molecule has 0 saturated carbocycles. The van der Waals surface area contributed by atoms with Gasteiger partial charge in [0.15, 0.2) is 5.78 Å². The summed E-state index contributed by atoms with van der Waals surface area (Å²) in [4.78, 5) is 15.3. The van der Waals surface area contributed by atoms with Gasteiger partial charge in [-0.15, -0.1) is 0 Å². The number of hydrogen-bond acceptors (Lipinski definition) is 4. The number of hydrogen-bond donors (Lipinski definition) is 1. The Kier molecular flexibility index (Phi) is 4.59. The molecule has 4 rings (SSSR count). The van der Waals surface area contributed by atoms with Gasteiger partial charge in [-0.25, -0.2) is 0 Å². The average Bonchev–Trinajstić information content (AvgIpc) is 3.24. The Morgan fingerprint density at radius 1 is 1.26 bits per heavy atom. The van der Waals surface area contributed by atoms with Crippen LogP contribution in [0.1, 0.15) is 46.6 Å². The molecule has 2 saturated heterocycles. The van der Waals surface area contributed by atoms with Gasteiger partial charge in [0.25, 0.3) is 0 Å². The number of carbonyl (C=O) groups is 1. The molecule has 1 N–H and O–H groups in total. The smallest absolute Gasteiger partial charge is 0.180 e. The molecule has 2 aliphatic rings. The van der Waals surface area contributed by atoms with Crippen molar-refractivity contribution in [1.29, 1.82) is 5.26 Å². The van der Waals surface area contributed by atoms with Gasteiger partial charge in [0.2, 0.25) is 0 Å². The number of nitrogens with zero attached hydrogens (tertiary/aromatic N) is 3. The van der Waals surface area contributed by atoms with Crippen LogP contribution >= 0.6 is 11.6 Å². The van der Waals surface area contributed by atoms with Crippen LogP contribution in [0.25, 0.3) is 5.69 Å². The summed E-state index contributed by atoms with van der Waals surface area (Å²) in [7, 11) is 0. The Hall–Kier alpha value is -2.13. The van der Waals surface area contributed by atoms with Crippen LogP contribution in [0.2, 0.25) is 5.02 Å². The van der Waals surface area contributed by atoms with Crippen molar-refractivity contribution in [2.45, 2.75) is 51.3 Å². The van der Waals surface area contributed by atoms with Crippen molar-refractivity contribution >= 4 is 17.4 Å². The molecule has 1 aromatic heterocycles. The van der Waals surface area contributed by atoms with Crippen LogP contribution in [0, 0.1) is 25.2 Å². The van der Waals surface area contributed by atoms with Crippen molar-refractivity contribution in [3.05, 3.63) is 51.8 Å². The number of nitriles is 1. The van der Waals surface area contributed by atoms with Gasteiger partial charge >= 0.3 is 0 Å². The Labute approximate surface area is 163 Å². The number of benzene rings is 1. The van der Waals surface area contributed by atoms with Crippen LogP contribution in [0.15, 0.2) is 24.3 Å². The van der Waals surface area contributed by atoms with E-state index in [1.54, 1.807) is 12.1 Å². The van der Waals surface area contributed by atoms with Gasteiger partial charge in [0, 0.05) is 29.2 Å². The number of halogens is 1. The third-order valence-corrected chi connectivity index (χ3v) is 6.54. The number of aromatic nitrogens is 1. The molecule has 2 aromatic rings. The SMILES string of the molecule is Cc1c(Cl)c(C(=O)CN2C3CCC2[C@@H](O)C3)c(C)n1-c1ccc(C#N)cc1. The lowest BCUT2D eigenvalue weighted by Crippen LogP contribution is -2.36. The molecule has 6 heteroatoms. The van der Waals surface area contributed by atoms with Crippen LogP contribution in [-0.4, -0.2) is 45.1 Å². The zero-order chi connectivity index (χ0) is 19.3. The Bertz CT molecular complexity index is 942. The lowest BCUT2D eigenvalue weighted by atomic mass is 9.98. The van der Waals surface area contributed by atoms with Crippen molar-refractivity contribution in [2.75, 3.05) is 6.54 Å². The first-order valence-electron chi connectivity index (χ1n) is 9.27. The van der Waals surface area contributed by atoms with Crippen molar-refractivity contribution < 1.29 is 9.90 Å². The first kappa shape index (κ1) is 18.2. The van der Waals surface area contributed by atoms with E-state index >= 15 is 0 Å². The van der Waals surface area contributed by atoms with Gasteiger partial charge in [0.05, 0.1) is 34.9 Å². The second-order valence-electron chi connectivity index (χ2n) is 7.55. The first-order valence-corrected chi connectivity index (χ1v) is 9.65. The predicted octanol–water partition coefficient (Wildman–Crippen LogP) is 3.40. The number of fused-ring (bicyclic) bond motifs is 2. The maximum absolute atomic E-state index is 13.1. The van der Waals surface area contributed by atoms with Gasteiger partial charge in [-0.1, -0.05) is 11.6 Å². The summed E-state index contributed by atoms with van der Waals surface area (Å²) in [6.45, 7) is 4.09. The second-order valence-corrected chi connectivity index (χ2v) is 7.93. The van der Waals surface area contributed by atoms with Gasteiger partial charge in [0.1, 0.15) is 0 Å². The number of carbonyl (C=O) groups excluding carboxylic acids is 1. The quantitative estimate of drug-likeness (QED) is 0.821. The van der Waals surface area contributed by atoms with Crippen LogP contribution < -0.4 is 0 Å². The highest BCUT2D eigenvalue weighted by atomic mass is 35.5. The lowest BCUT2D eigenvalue weighted by molar-refractivity contribution is 0.0873. The van der Waals surface area contributed by atoms with E-state index in [1.807, 2.05) is 30.5 Å². The molecular weight excluding hydrogens is 362 g/mol. The van der Waals surface area contributed by atoms with E-state index in [4.69, 9.17) is 16.9 Å². The molecule has 0 spiro atoms. The number of aliphatic hydroxyl groups excluding tert-OH is 1. The fraction of sp³-hybridized carbons (Fsp3) is 0.429. The highest BCUT2D eigenvalue weighted by molar-refractivity contribution is 6.35. The largest absolute Gasteiger partial charge is 0.391 e. The minimum absolute atomic E-state index is 0.000931. The molecule has 2 fully saturated rings. The zero-order valence-electron chi connectivity index (χ0n) is 15.4. The fourth-order valence-corrected chi connectivity index (χ4v) is 5.08. The molecule has 5 nitrogen and oxygen atoms in total. The molecule has 27 heavy (non-hydrogen) atoms. The van der Waals surface area contributed by atoms with Crippen molar-refractivity contribution in [3.8, 4) is 11.8 Å². The van der Waals surface area contributed by atoms with Gasteiger partial charge in [-0.05, 0) is 57.4 Å². The highest BCUT2D eigenvalue weighted by Crippen LogP contribution is 2.38. The Morgan fingerprint density at radius 3 is 2.52 bits per heavy atom. The van der Waals surface area contributed by atoms with Gasteiger partial charge in [-0.2, -0.15) is 5.26 Å². The second kappa shape index (κ2) is 6.79. The summed E-state index contributed by atoms with van der Waals surface area (Å²) < 4.78 is 1.96. The van der Waals surface area contributed by atoms with Crippen molar-refractivity contribution in [3.63, 3.8) is 0 Å². The highest BCUT2D eigenvalue weighted by Gasteiger charge is 2.46. The molecule has 140 valence electrons. The third-order valence-electron chi connectivity index (χ3n) is 6.08. The van der Waals surface area contributed by atoms with Crippen molar-refractivity contribution in [1.82, 2.24) is 9.47 Å². The maximum Gasteiger partial charge on any atom is 0.180 e. The number of rotatable bonds is 4. The van der Waals surface area contributed by atoms with Gasteiger partial charge < -0.3 is 9.67 Å². The molecule has 2 aliphatic heterocycles. The van der Waals surface area contributed by atoms with E-state index in [0.29, 0.717) is 28.7 Å². The molecular formula is C21H22ClN3O2. The van der Waals surface area contributed by atoms with Gasteiger partial charge in [-0.3, -0.25) is 9.69 Å². The maximum atomic E-state index is 13.1. The Balaban J connectivity index is 1.65. The molecule has 1 aromatic carbocycles. The van der Waals surface area contributed by atoms with E-state index < -0.39 is 0 Å². The minimum atomic E-state index is -0.321. The fourth-order valence-electron chi connectivity index (χ4n) is 4.76. The summed E-state index contributed by atoms with van der Waals surface area (Å²) in [6, 6.07) is 9.75. The zero-order valence-corrected chi connectivity index (χ0v) is 16.2. The molecule has 0 radical (unpaired) electrons.